The van der Waals surface area contributed by atoms with Crippen LogP contribution in [0, 0.1) is 0 Å². The Morgan fingerprint density at radius 2 is 2.00 bits per heavy atom. The number of hydrogen-bond acceptors (Lipinski definition) is 2. The largest absolute Gasteiger partial charge is 0.490 e. The minimum absolute atomic E-state index is 0. The molecule has 0 saturated heterocycles. The van der Waals surface area contributed by atoms with Crippen LogP contribution in [0.25, 0.3) is 0 Å². The van der Waals surface area contributed by atoms with Crippen molar-refractivity contribution in [3.63, 3.8) is 0 Å². The van der Waals surface area contributed by atoms with Crippen LogP contribution >= 0.6 is 12.4 Å². The lowest BCUT2D eigenvalue weighted by atomic mass is 10.0. The van der Waals surface area contributed by atoms with Gasteiger partial charge in [0, 0.05) is 0 Å². The minimum Gasteiger partial charge on any atom is -0.490 e. The van der Waals surface area contributed by atoms with Crippen molar-refractivity contribution in [3.8, 4) is 5.75 Å². The maximum atomic E-state index is 5.52. The predicted molar refractivity (Wildman–Crippen MR) is 69.7 cm³/mol. The van der Waals surface area contributed by atoms with Crippen molar-refractivity contribution < 1.29 is 4.74 Å². The first-order valence-electron chi connectivity index (χ1n) is 5.46. The lowest BCUT2D eigenvalue weighted by Gasteiger charge is -2.08. The van der Waals surface area contributed by atoms with E-state index in [1.165, 1.54) is 11.1 Å². The van der Waals surface area contributed by atoms with Crippen molar-refractivity contribution in [2.24, 2.45) is 0 Å². The molecule has 0 saturated carbocycles. The molecule has 1 aliphatic rings. The molecule has 0 bridgehead atoms. The molecule has 3 heteroatoms. The average molecular weight is 240 g/mol. The van der Waals surface area contributed by atoms with Crippen LogP contribution < -0.4 is 10.1 Å². The Hall–Kier alpha value is -0.990. The highest BCUT2D eigenvalue weighted by molar-refractivity contribution is 5.85. The van der Waals surface area contributed by atoms with E-state index in [2.05, 4.69) is 24.0 Å². The normalized spacial score (nSPS) is 14.2. The van der Waals surface area contributed by atoms with Crippen molar-refractivity contribution in [1.82, 2.24) is 5.32 Å². The first-order chi connectivity index (χ1) is 7.40. The molecule has 1 aromatic carbocycles. The molecular formula is C13H18ClNO. The maximum Gasteiger partial charge on any atom is 0.120 e. The first kappa shape index (κ1) is 13.1. The van der Waals surface area contributed by atoms with Gasteiger partial charge in [0.15, 0.2) is 0 Å². The Bertz CT molecular complexity index is 352. The van der Waals surface area contributed by atoms with E-state index in [0.29, 0.717) is 6.61 Å². The summed E-state index contributed by atoms with van der Waals surface area (Å²) in [6.07, 6.45) is 3.99. The van der Waals surface area contributed by atoms with E-state index in [1.54, 1.807) is 6.08 Å². The zero-order valence-corrected chi connectivity index (χ0v) is 10.2. The molecule has 0 fully saturated rings. The predicted octanol–water partition coefficient (Wildman–Crippen LogP) is 2.36. The molecule has 0 aliphatic carbocycles. The van der Waals surface area contributed by atoms with Crippen LogP contribution in [0.2, 0.25) is 0 Å². The molecule has 2 rings (SSSR count). The first-order valence-corrected chi connectivity index (χ1v) is 5.46. The van der Waals surface area contributed by atoms with E-state index >= 15 is 0 Å². The Morgan fingerprint density at radius 3 is 2.75 bits per heavy atom. The number of halogens is 1. The van der Waals surface area contributed by atoms with E-state index in [4.69, 9.17) is 4.74 Å². The second kappa shape index (κ2) is 6.56. The molecule has 0 unspecified atom stereocenters. The highest BCUT2D eigenvalue weighted by atomic mass is 35.5. The van der Waals surface area contributed by atoms with Gasteiger partial charge in [0.25, 0.3) is 0 Å². The Labute approximate surface area is 103 Å². The lowest BCUT2D eigenvalue weighted by Crippen LogP contribution is -2.16. The van der Waals surface area contributed by atoms with E-state index in [0.717, 1.165) is 31.7 Å². The summed E-state index contributed by atoms with van der Waals surface area (Å²) in [7, 11) is 0. The molecule has 88 valence electrons. The Kier molecular flexibility index (Phi) is 5.36. The molecule has 2 nitrogen and oxygen atoms in total. The topological polar surface area (TPSA) is 21.3 Å². The SMILES string of the molecule is C=CCOc1ccc2c(c1)CCNCC2.Cl. The van der Waals surface area contributed by atoms with Gasteiger partial charge in [0.1, 0.15) is 12.4 Å². The molecule has 1 N–H and O–H groups in total. The van der Waals surface area contributed by atoms with Gasteiger partial charge in [0.05, 0.1) is 0 Å². The van der Waals surface area contributed by atoms with Crippen LogP contribution in [-0.4, -0.2) is 19.7 Å². The lowest BCUT2D eigenvalue weighted by molar-refractivity contribution is 0.363. The van der Waals surface area contributed by atoms with E-state index in [-0.39, 0.29) is 12.4 Å². The molecule has 0 aromatic heterocycles. The van der Waals surface area contributed by atoms with Gasteiger partial charge in [-0.15, -0.1) is 12.4 Å². The number of fused-ring (bicyclic) bond motifs is 1. The third kappa shape index (κ3) is 3.26. The van der Waals surface area contributed by atoms with E-state index in [9.17, 15) is 0 Å². The molecule has 0 atom stereocenters. The van der Waals surface area contributed by atoms with Crippen molar-refractivity contribution in [1.29, 1.82) is 0 Å². The van der Waals surface area contributed by atoms with Crippen LogP contribution in [0.15, 0.2) is 30.9 Å². The fraction of sp³-hybridized carbons (Fsp3) is 0.385. The minimum atomic E-state index is 0. The van der Waals surface area contributed by atoms with Crippen molar-refractivity contribution >= 4 is 12.4 Å². The summed E-state index contributed by atoms with van der Waals surface area (Å²) in [5, 5.41) is 3.40. The van der Waals surface area contributed by atoms with Gasteiger partial charge < -0.3 is 10.1 Å². The highest BCUT2D eigenvalue weighted by Crippen LogP contribution is 2.20. The van der Waals surface area contributed by atoms with Crippen molar-refractivity contribution in [3.05, 3.63) is 42.0 Å². The van der Waals surface area contributed by atoms with Gasteiger partial charge >= 0.3 is 0 Å². The zero-order chi connectivity index (χ0) is 10.5. The summed E-state index contributed by atoms with van der Waals surface area (Å²) in [6.45, 7) is 6.37. The standard InChI is InChI=1S/C13H17NO.ClH/c1-2-9-15-13-4-3-11-5-7-14-8-6-12(11)10-13;/h2-4,10,14H,1,5-9H2;1H. The van der Waals surface area contributed by atoms with Crippen molar-refractivity contribution in [2.75, 3.05) is 19.7 Å². The molecule has 0 spiro atoms. The number of benzene rings is 1. The van der Waals surface area contributed by atoms with Gasteiger partial charge in [-0.3, -0.25) is 0 Å². The summed E-state index contributed by atoms with van der Waals surface area (Å²) in [6, 6.07) is 6.39. The molecule has 16 heavy (non-hydrogen) atoms. The van der Waals surface area contributed by atoms with Gasteiger partial charge in [-0.1, -0.05) is 18.7 Å². The smallest absolute Gasteiger partial charge is 0.120 e. The maximum absolute atomic E-state index is 5.52. The number of nitrogens with one attached hydrogen (secondary N) is 1. The molecule has 0 amide bonds. The second-order valence-electron chi connectivity index (χ2n) is 3.78. The van der Waals surface area contributed by atoms with Gasteiger partial charge in [-0.05, 0) is 49.2 Å². The van der Waals surface area contributed by atoms with Crippen LogP contribution in [0.4, 0.5) is 0 Å². The molecule has 1 aromatic rings. The fourth-order valence-corrected chi connectivity index (χ4v) is 1.89. The Morgan fingerprint density at radius 1 is 1.25 bits per heavy atom. The zero-order valence-electron chi connectivity index (χ0n) is 9.37. The summed E-state index contributed by atoms with van der Waals surface area (Å²) in [5.41, 5.74) is 2.87. The van der Waals surface area contributed by atoms with Gasteiger partial charge in [-0.25, -0.2) is 0 Å². The van der Waals surface area contributed by atoms with Crippen LogP contribution in [0.3, 0.4) is 0 Å². The van der Waals surface area contributed by atoms with Gasteiger partial charge in [0.2, 0.25) is 0 Å². The monoisotopic (exact) mass is 239 g/mol. The Balaban J connectivity index is 0.00000128. The molecule has 0 radical (unpaired) electrons. The number of ether oxygens (including phenoxy) is 1. The third-order valence-electron chi connectivity index (χ3n) is 2.69. The average Bonchev–Trinajstić information content (AvgIpc) is 2.50. The van der Waals surface area contributed by atoms with Gasteiger partial charge in [-0.2, -0.15) is 0 Å². The summed E-state index contributed by atoms with van der Waals surface area (Å²) in [5.74, 6) is 0.954. The molecular weight excluding hydrogens is 222 g/mol. The molecule has 1 aliphatic heterocycles. The fourth-order valence-electron chi connectivity index (χ4n) is 1.89. The summed E-state index contributed by atoms with van der Waals surface area (Å²) < 4.78 is 5.52. The summed E-state index contributed by atoms with van der Waals surface area (Å²) in [4.78, 5) is 0. The third-order valence-corrected chi connectivity index (χ3v) is 2.69. The highest BCUT2D eigenvalue weighted by Gasteiger charge is 2.07. The molecule has 1 heterocycles. The summed E-state index contributed by atoms with van der Waals surface area (Å²) >= 11 is 0. The second-order valence-corrected chi connectivity index (χ2v) is 3.78. The van der Waals surface area contributed by atoms with E-state index < -0.39 is 0 Å². The van der Waals surface area contributed by atoms with Crippen LogP contribution in [0.5, 0.6) is 5.75 Å². The van der Waals surface area contributed by atoms with Crippen molar-refractivity contribution in [2.45, 2.75) is 12.8 Å². The van der Waals surface area contributed by atoms with Crippen LogP contribution in [-0.2, 0) is 12.8 Å². The van der Waals surface area contributed by atoms with E-state index in [1.807, 2.05) is 6.07 Å². The van der Waals surface area contributed by atoms with Crippen LogP contribution in [0.1, 0.15) is 11.1 Å². The number of hydrogen-bond donors (Lipinski definition) is 1. The quantitative estimate of drug-likeness (QED) is 0.818. The number of rotatable bonds is 3.